The van der Waals surface area contributed by atoms with Crippen LogP contribution in [0.1, 0.15) is 11.3 Å². The number of ether oxygens (including phenoxy) is 2. The fraction of sp³-hybridized carbons (Fsp3) is 0.174. The summed E-state index contributed by atoms with van der Waals surface area (Å²) in [5.41, 5.74) is 3.21. The predicted molar refractivity (Wildman–Crippen MR) is 114 cm³/mol. The molecule has 0 atom stereocenters. The third kappa shape index (κ3) is 4.68. The number of halogens is 1. The zero-order valence-corrected chi connectivity index (χ0v) is 17.1. The van der Waals surface area contributed by atoms with Crippen molar-refractivity contribution in [3.05, 3.63) is 84.3 Å². The van der Waals surface area contributed by atoms with E-state index in [9.17, 15) is 4.39 Å². The highest BCUT2D eigenvalue weighted by Gasteiger charge is 2.11. The Hall–Kier alpha value is -3.98. The van der Waals surface area contributed by atoms with Gasteiger partial charge in [0.05, 0.1) is 26.0 Å². The van der Waals surface area contributed by atoms with E-state index < -0.39 is 0 Å². The molecule has 3 heterocycles. The van der Waals surface area contributed by atoms with Crippen molar-refractivity contribution in [2.24, 2.45) is 0 Å². The van der Waals surface area contributed by atoms with Gasteiger partial charge in [0.2, 0.25) is 5.89 Å². The maximum atomic E-state index is 13.4. The van der Waals surface area contributed by atoms with Crippen molar-refractivity contribution in [3.63, 3.8) is 0 Å². The van der Waals surface area contributed by atoms with Crippen LogP contribution in [0.15, 0.2) is 71.6 Å². The fourth-order valence-electron chi connectivity index (χ4n) is 3.25. The minimum absolute atomic E-state index is 0.270. The lowest BCUT2D eigenvalue weighted by Gasteiger charge is -2.07. The van der Waals surface area contributed by atoms with E-state index in [0.717, 1.165) is 22.2 Å². The standard InChI is InChI=1S/C23H20FN5O3/c24-18-3-6-21-17(11-18)12-22(27-21)23-26-19(15-32-23)14-31-20-4-1-16(2-5-20)13-30-10-9-29-8-7-25-28-29/h1-8,11-12,15,27H,9-10,13-14H2. The summed E-state index contributed by atoms with van der Waals surface area (Å²) in [4.78, 5) is 7.63. The summed E-state index contributed by atoms with van der Waals surface area (Å²) in [6.07, 6.45) is 5.00. The van der Waals surface area contributed by atoms with Gasteiger partial charge >= 0.3 is 0 Å². The normalized spacial score (nSPS) is 11.3. The SMILES string of the molecule is Fc1ccc2[nH]c(-c3nc(COc4ccc(COCCn5ccnn5)cc4)co3)cc2c1. The zero-order chi connectivity index (χ0) is 21.8. The minimum Gasteiger partial charge on any atom is -0.487 e. The summed E-state index contributed by atoms with van der Waals surface area (Å²) >= 11 is 0. The molecular formula is C23H20FN5O3. The molecule has 8 nitrogen and oxygen atoms in total. The molecule has 0 aliphatic rings. The average Bonchev–Trinajstić information content (AvgIpc) is 3.56. The molecule has 0 unspecified atom stereocenters. The number of hydrogen-bond acceptors (Lipinski definition) is 6. The van der Waals surface area contributed by atoms with E-state index in [1.807, 2.05) is 30.3 Å². The predicted octanol–water partition coefficient (Wildman–Crippen LogP) is 4.35. The summed E-state index contributed by atoms with van der Waals surface area (Å²) in [6, 6.07) is 14.1. The second-order valence-corrected chi connectivity index (χ2v) is 7.21. The number of aromatic nitrogens is 5. The van der Waals surface area contributed by atoms with Crippen LogP contribution in [0, 0.1) is 5.82 Å². The first kappa shape index (κ1) is 20.0. The van der Waals surface area contributed by atoms with Crippen molar-refractivity contribution in [3.8, 4) is 17.3 Å². The van der Waals surface area contributed by atoms with Crippen molar-refractivity contribution in [2.45, 2.75) is 19.8 Å². The lowest BCUT2D eigenvalue weighted by molar-refractivity contribution is 0.110. The Balaban J connectivity index is 1.12. The minimum atomic E-state index is -0.283. The molecular weight excluding hydrogens is 413 g/mol. The Kier molecular flexibility index (Phi) is 5.63. The van der Waals surface area contributed by atoms with Crippen LogP contribution in [-0.2, 0) is 24.5 Å². The molecule has 0 fully saturated rings. The molecule has 5 aromatic rings. The van der Waals surface area contributed by atoms with E-state index in [1.54, 1.807) is 29.4 Å². The smallest absolute Gasteiger partial charge is 0.243 e. The Morgan fingerprint density at radius 3 is 2.81 bits per heavy atom. The van der Waals surface area contributed by atoms with E-state index in [2.05, 4.69) is 20.3 Å². The molecule has 9 heteroatoms. The highest BCUT2D eigenvalue weighted by molar-refractivity contribution is 5.84. The summed E-state index contributed by atoms with van der Waals surface area (Å²) in [5.74, 6) is 0.870. The number of nitrogens with zero attached hydrogens (tertiary/aromatic N) is 4. The lowest BCUT2D eigenvalue weighted by atomic mass is 10.2. The van der Waals surface area contributed by atoms with Gasteiger partial charge < -0.3 is 18.9 Å². The summed E-state index contributed by atoms with van der Waals surface area (Å²) in [7, 11) is 0. The number of fused-ring (bicyclic) bond motifs is 1. The molecule has 0 radical (unpaired) electrons. The van der Waals surface area contributed by atoms with Crippen LogP contribution in [0.5, 0.6) is 5.75 Å². The summed E-state index contributed by atoms with van der Waals surface area (Å²) < 4.78 is 32.1. The summed E-state index contributed by atoms with van der Waals surface area (Å²) in [6.45, 7) is 2.00. The van der Waals surface area contributed by atoms with Gasteiger partial charge in [0.25, 0.3) is 0 Å². The number of hydrogen-bond donors (Lipinski definition) is 1. The van der Waals surface area contributed by atoms with Crippen LogP contribution < -0.4 is 4.74 Å². The molecule has 0 aliphatic carbocycles. The average molecular weight is 433 g/mol. The van der Waals surface area contributed by atoms with Crippen LogP contribution in [0.25, 0.3) is 22.5 Å². The number of nitrogens with one attached hydrogen (secondary N) is 1. The molecule has 5 rings (SSSR count). The van der Waals surface area contributed by atoms with Gasteiger partial charge in [-0.05, 0) is 42.0 Å². The fourth-order valence-corrected chi connectivity index (χ4v) is 3.25. The van der Waals surface area contributed by atoms with Gasteiger partial charge in [-0.1, -0.05) is 17.3 Å². The highest BCUT2D eigenvalue weighted by atomic mass is 19.1. The van der Waals surface area contributed by atoms with Gasteiger partial charge in [0.1, 0.15) is 35.8 Å². The third-order valence-electron chi connectivity index (χ3n) is 4.88. The van der Waals surface area contributed by atoms with E-state index >= 15 is 0 Å². The van der Waals surface area contributed by atoms with Gasteiger partial charge in [-0.2, -0.15) is 0 Å². The van der Waals surface area contributed by atoms with Crippen LogP contribution in [0.2, 0.25) is 0 Å². The first-order chi connectivity index (χ1) is 15.7. The van der Waals surface area contributed by atoms with Crippen LogP contribution in [0.4, 0.5) is 4.39 Å². The maximum absolute atomic E-state index is 13.4. The number of rotatable bonds is 9. The number of aromatic amines is 1. The van der Waals surface area contributed by atoms with E-state index in [0.29, 0.717) is 37.0 Å². The molecule has 162 valence electrons. The monoisotopic (exact) mass is 433 g/mol. The lowest BCUT2D eigenvalue weighted by Crippen LogP contribution is -2.06. The third-order valence-corrected chi connectivity index (χ3v) is 4.88. The van der Waals surface area contributed by atoms with Gasteiger partial charge in [0, 0.05) is 17.1 Å². The molecule has 0 saturated heterocycles. The molecule has 0 spiro atoms. The molecule has 32 heavy (non-hydrogen) atoms. The first-order valence-electron chi connectivity index (χ1n) is 10.1. The van der Waals surface area contributed by atoms with Crippen molar-refractivity contribution in [2.75, 3.05) is 6.61 Å². The van der Waals surface area contributed by atoms with Gasteiger partial charge in [0.15, 0.2) is 0 Å². The topological polar surface area (TPSA) is 91.0 Å². The second kappa shape index (κ2) is 9.03. The van der Waals surface area contributed by atoms with Crippen molar-refractivity contribution >= 4 is 10.9 Å². The van der Waals surface area contributed by atoms with E-state index in [-0.39, 0.29) is 12.4 Å². The number of H-pyrrole nitrogens is 1. The first-order valence-corrected chi connectivity index (χ1v) is 10.1. The van der Waals surface area contributed by atoms with E-state index in [4.69, 9.17) is 13.9 Å². The molecule has 3 aromatic heterocycles. The van der Waals surface area contributed by atoms with Crippen molar-refractivity contribution in [1.29, 1.82) is 0 Å². The largest absolute Gasteiger partial charge is 0.487 e. The van der Waals surface area contributed by atoms with Crippen LogP contribution in [-0.4, -0.2) is 31.6 Å². The van der Waals surface area contributed by atoms with Crippen molar-refractivity contribution < 1.29 is 18.3 Å². The Bertz CT molecular complexity index is 1300. The maximum Gasteiger partial charge on any atom is 0.243 e. The van der Waals surface area contributed by atoms with Gasteiger partial charge in [-0.15, -0.1) is 5.10 Å². The molecule has 0 bridgehead atoms. The number of benzene rings is 2. The Morgan fingerprint density at radius 1 is 1.06 bits per heavy atom. The van der Waals surface area contributed by atoms with Gasteiger partial charge in [-0.3, -0.25) is 4.68 Å². The van der Waals surface area contributed by atoms with Gasteiger partial charge in [-0.25, -0.2) is 9.37 Å². The van der Waals surface area contributed by atoms with Crippen molar-refractivity contribution in [1.82, 2.24) is 25.0 Å². The summed E-state index contributed by atoms with van der Waals surface area (Å²) in [5, 5.41) is 8.41. The zero-order valence-electron chi connectivity index (χ0n) is 17.1. The second-order valence-electron chi connectivity index (χ2n) is 7.21. The highest BCUT2D eigenvalue weighted by Crippen LogP contribution is 2.24. The molecule has 0 saturated carbocycles. The molecule has 2 aromatic carbocycles. The molecule has 0 aliphatic heterocycles. The van der Waals surface area contributed by atoms with E-state index in [1.165, 1.54) is 12.1 Å². The number of oxazole rings is 1. The molecule has 1 N–H and O–H groups in total. The Morgan fingerprint density at radius 2 is 1.97 bits per heavy atom. The molecule has 0 amide bonds. The van der Waals surface area contributed by atoms with Crippen LogP contribution >= 0.6 is 0 Å². The Labute approximate surface area is 182 Å². The van der Waals surface area contributed by atoms with Crippen LogP contribution in [0.3, 0.4) is 0 Å². The quantitative estimate of drug-likeness (QED) is 0.348.